The summed E-state index contributed by atoms with van der Waals surface area (Å²) in [5, 5.41) is 3.71. The number of hydrogen-bond acceptors (Lipinski definition) is 2. The standard InChI is InChI=1S/C22H17FN2O2/c1-14-10-11-18(17(23)12-14)24-21(26)13-25-19-8-4-2-6-15(19)22(27)16-7-3-5-9-20(16)25/h2-12H,13H2,1H3,(H,24,26). The number of nitrogens with one attached hydrogen (secondary N) is 1. The second kappa shape index (κ2) is 6.68. The number of amides is 1. The Morgan fingerprint density at radius 1 is 0.963 bits per heavy atom. The van der Waals surface area contributed by atoms with E-state index in [1.54, 1.807) is 47.9 Å². The lowest BCUT2D eigenvalue weighted by atomic mass is 10.1. The maximum atomic E-state index is 14.0. The number of anilines is 1. The maximum absolute atomic E-state index is 14.0. The maximum Gasteiger partial charge on any atom is 0.244 e. The highest BCUT2D eigenvalue weighted by Gasteiger charge is 2.14. The molecule has 0 bridgehead atoms. The second-order valence-electron chi connectivity index (χ2n) is 6.48. The first-order valence-electron chi connectivity index (χ1n) is 8.61. The van der Waals surface area contributed by atoms with Gasteiger partial charge in [0.1, 0.15) is 12.4 Å². The molecule has 3 aromatic carbocycles. The number of carbonyl (C=O) groups is 1. The number of pyridine rings is 1. The van der Waals surface area contributed by atoms with Crippen LogP contribution in [0.5, 0.6) is 0 Å². The fourth-order valence-electron chi connectivity index (χ4n) is 3.30. The highest BCUT2D eigenvalue weighted by Crippen LogP contribution is 2.20. The Morgan fingerprint density at radius 2 is 1.56 bits per heavy atom. The average Bonchev–Trinajstić information content (AvgIpc) is 2.67. The molecule has 0 aliphatic carbocycles. The van der Waals surface area contributed by atoms with E-state index in [9.17, 15) is 14.0 Å². The molecule has 0 saturated heterocycles. The quantitative estimate of drug-likeness (QED) is 0.556. The smallest absolute Gasteiger partial charge is 0.244 e. The minimum atomic E-state index is -0.474. The summed E-state index contributed by atoms with van der Waals surface area (Å²) in [6.45, 7) is 1.75. The first kappa shape index (κ1) is 17.0. The van der Waals surface area contributed by atoms with Crippen molar-refractivity contribution < 1.29 is 9.18 Å². The van der Waals surface area contributed by atoms with Gasteiger partial charge in [-0.15, -0.1) is 0 Å². The number of para-hydroxylation sites is 2. The highest BCUT2D eigenvalue weighted by atomic mass is 19.1. The van der Waals surface area contributed by atoms with Crippen LogP contribution in [0.3, 0.4) is 0 Å². The molecule has 0 unspecified atom stereocenters. The second-order valence-corrected chi connectivity index (χ2v) is 6.48. The Kier molecular flexibility index (Phi) is 4.20. The monoisotopic (exact) mass is 360 g/mol. The molecule has 4 rings (SSSR count). The van der Waals surface area contributed by atoms with E-state index in [0.29, 0.717) is 21.8 Å². The molecule has 1 N–H and O–H groups in total. The number of carbonyl (C=O) groups excluding carboxylic acids is 1. The number of nitrogens with zero attached hydrogens (tertiary/aromatic N) is 1. The third-order valence-corrected chi connectivity index (χ3v) is 4.58. The van der Waals surface area contributed by atoms with E-state index < -0.39 is 5.82 Å². The van der Waals surface area contributed by atoms with Crippen molar-refractivity contribution in [1.29, 1.82) is 0 Å². The predicted molar refractivity (Wildman–Crippen MR) is 105 cm³/mol. The van der Waals surface area contributed by atoms with E-state index in [1.165, 1.54) is 6.07 Å². The van der Waals surface area contributed by atoms with Crippen molar-refractivity contribution in [3.8, 4) is 0 Å². The number of aromatic nitrogens is 1. The summed E-state index contributed by atoms with van der Waals surface area (Å²) in [6.07, 6.45) is 0. The molecule has 4 aromatic rings. The molecule has 0 radical (unpaired) electrons. The Balaban J connectivity index is 1.79. The van der Waals surface area contributed by atoms with Crippen molar-refractivity contribution in [1.82, 2.24) is 4.57 Å². The largest absolute Gasteiger partial charge is 0.331 e. The zero-order valence-corrected chi connectivity index (χ0v) is 14.7. The molecule has 0 aliphatic heterocycles. The molecule has 5 heteroatoms. The number of fused-ring (bicyclic) bond motifs is 2. The van der Waals surface area contributed by atoms with Crippen molar-refractivity contribution in [2.45, 2.75) is 13.5 Å². The van der Waals surface area contributed by atoms with Crippen LogP contribution in [0.2, 0.25) is 0 Å². The van der Waals surface area contributed by atoms with E-state index in [1.807, 2.05) is 24.3 Å². The Morgan fingerprint density at radius 3 is 2.15 bits per heavy atom. The summed E-state index contributed by atoms with van der Waals surface area (Å²) in [5.74, 6) is -0.838. The van der Waals surface area contributed by atoms with E-state index in [-0.39, 0.29) is 23.6 Å². The number of halogens is 1. The van der Waals surface area contributed by atoms with Crippen molar-refractivity contribution in [2.24, 2.45) is 0 Å². The zero-order chi connectivity index (χ0) is 19.0. The van der Waals surface area contributed by atoms with Gasteiger partial charge < -0.3 is 9.88 Å². The van der Waals surface area contributed by atoms with Crippen LogP contribution in [-0.4, -0.2) is 10.5 Å². The van der Waals surface area contributed by atoms with Crippen molar-refractivity contribution in [3.63, 3.8) is 0 Å². The summed E-state index contributed by atoms with van der Waals surface area (Å²) < 4.78 is 15.8. The number of rotatable bonds is 3. The van der Waals surface area contributed by atoms with Crippen LogP contribution >= 0.6 is 0 Å². The number of benzene rings is 3. The van der Waals surface area contributed by atoms with Crippen molar-refractivity contribution in [2.75, 3.05) is 5.32 Å². The van der Waals surface area contributed by atoms with Crippen LogP contribution in [0.25, 0.3) is 21.8 Å². The first-order valence-corrected chi connectivity index (χ1v) is 8.61. The van der Waals surface area contributed by atoms with Crippen LogP contribution in [0.1, 0.15) is 5.56 Å². The van der Waals surface area contributed by atoms with E-state index in [2.05, 4.69) is 5.32 Å². The summed E-state index contributed by atoms with van der Waals surface area (Å²) >= 11 is 0. The Hall–Kier alpha value is -3.47. The van der Waals surface area contributed by atoms with Gasteiger partial charge in [-0.05, 0) is 48.9 Å². The molecule has 134 valence electrons. The molecule has 0 fully saturated rings. The average molecular weight is 360 g/mol. The van der Waals surface area contributed by atoms with Gasteiger partial charge in [-0.1, -0.05) is 30.3 Å². The van der Waals surface area contributed by atoms with E-state index in [0.717, 1.165) is 5.56 Å². The Labute approximate surface area is 154 Å². The van der Waals surface area contributed by atoms with Gasteiger partial charge in [0.15, 0.2) is 5.43 Å². The van der Waals surface area contributed by atoms with Crippen LogP contribution in [0.15, 0.2) is 71.5 Å². The molecule has 0 atom stereocenters. The van der Waals surface area contributed by atoms with Gasteiger partial charge in [0.05, 0.1) is 16.7 Å². The van der Waals surface area contributed by atoms with Crippen LogP contribution in [0.4, 0.5) is 10.1 Å². The van der Waals surface area contributed by atoms with Gasteiger partial charge in [-0.2, -0.15) is 0 Å². The zero-order valence-electron chi connectivity index (χ0n) is 14.7. The highest BCUT2D eigenvalue weighted by molar-refractivity contribution is 5.97. The van der Waals surface area contributed by atoms with Crippen LogP contribution < -0.4 is 10.7 Å². The predicted octanol–water partition coefficient (Wildman–Crippen LogP) is 4.24. The minimum Gasteiger partial charge on any atom is -0.331 e. The molecule has 27 heavy (non-hydrogen) atoms. The normalized spacial score (nSPS) is 11.0. The fraction of sp³-hybridized carbons (Fsp3) is 0.0909. The SMILES string of the molecule is Cc1ccc(NC(=O)Cn2c3ccccc3c(=O)c3ccccc32)c(F)c1. The van der Waals surface area contributed by atoms with Gasteiger partial charge in [0.2, 0.25) is 5.91 Å². The molecule has 0 spiro atoms. The van der Waals surface area contributed by atoms with Crippen molar-refractivity contribution >= 4 is 33.4 Å². The lowest BCUT2D eigenvalue weighted by Crippen LogP contribution is -2.22. The lowest BCUT2D eigenvalue weighted by Gasteiger charge is -2.15. The summed E-state index contributed by atoms with van der Waals surface area (Å²) in [5.41, 5.74) is 2.19. The van der Waals surface area contributed by atoms with Gasteiger partial charge in [-0.3, -0.25) is 9.59 Å². The molecule has 0 saturated carbocycles. The molecule has 4 nitrogen and oxygen atoms in total. The summed E-state index contributed by atoms with van der Waals surface area (Å²) in [4.78, 5) is 25.3. The van der Waals surface area contributed by atoms with Crippen LogP contribution in [0, 0.1) is 12.7 Å². The number of hydrogen-bond donors (Lipinski definition) is 1. The molecule has 0 aliphatic rings. The third kappa shape index (κ3) is 3.08. The van der Waals surface area contributed by atoms with E-state index in [4.69, 9.17) is 0 Å². The van der Waals surface area contributed by atoms with Gasteiger partial charge >= 0.3 is 0 Å². The molecule has 1 amide bonds. The van der Waals surface area contributed by atoms with Crippen molar-refractivity contribution in [3.05, 3.63) is 88.3 Å². The first-order chi connectivity index (χ1) is 13.0. The van der Waals surface area contributed by atoms with E-state index >= 15 is 0 Å². The molecule has 1 aromatic heterocycles. The van der Waals surface area contributed by atoms with Crippen LogP contribution in [-0.2, 0) is 11.3 Å². The molecular formula is C22H17FN2O2. The lowest BCUT2D eigenvalue weighted by molar-refractivity contribution is -0.116. The van der Waals surface area contributed by atoms with Gasteiger partial charge in [-0.25, -0.2) is 4.39 Å². The van der Waals surface area contributed by atoms with Gasteiger partial charge in [0.25, 0.3) is 0 Å². The fourth-order valence-corrected chi connectivity index (χ4v) is 3.30. The summed E-state index contributed by atoms with van der Waals surface area (Å²) in [6, 6.07) is 19.0. The number of aryl methyl sites for hydroxylation is 1. The molecular weight excluding hydrogens is 343 g/mol. The summed E-state index contributed by atoms with van der Waals surface area (Å²) in [7, 11) is 0. The third-order valence-electron chi connectivity index (χ3n) is 4.58. The minimum absolute atomic E-state index is 0.0331. The topological polar surface area (TPSA) is 51.1 Å². The Bertz CT molecular complexity index is 1180. The van der Waals surface area contributed by atoms with Gasteiger partial charge in [0, 0.05) is 10.8 Å². The molecule has 1 heterocycles.